The van der Waals surface area contributed by atoms with Crippen molar-refractivity contribution in [3.8, 4) is 0 Å². The van der Waals surface area contributed by atoms with Crippen molar-refractivity contribution in [1.29, 1.82) is 0 Å². The Hall–Kier alpha value is -0.580. The number of benzene rings is 2. The van der Waals surface area contributed by atoms with Gasteiger partial charge in [-0.1, -0.05) is 35.9 Å². The van der Waals surface area contributed by atoms with Crippen LogP contribution in [0.1, 0.15) is 22.7 Å². The average molecular weight is 386 g/mol. The highest BCUT2D eigenvalue weighted by atomic mass is 127. The Morgan fingerprint density at radius 1 is 1.16 bits per heavy atom. The molecule has 0 aromatic heterocycles. The highest BCUT2D eigenvalue weighted by Crippen LogP contribution is 2.23. The minimum absolute atomic E-state index is 0.316. The van der Waals surface area contributed by atoms with Gasteiger partial charge in [0.25, 0.3) is 0 Å². The first kappa shape index (κ1) is 14.8. The van der Waals surface area contributed by atoms with Crippen LogP contribution in [-0.4, -0.2) is 7.05 Å². The third-order valence-corrected chi connectivity index (χ3v) is 4.43. The first-order valence-electron chi connectivity index (χ1n) is 6.28. The standard InChI is InChI=1S/C16H17ClIN/c1-11-9-13(5-8-15(11)17)16(19-2)10-12-3-6-14(18)7-4-12/h3-9,16,19H,10H2,1-2H3. The van der Waals surface area contributed by atoms with Crippen LogP contribution in [0.2, 0.25) is 5.02 Å². The lowest BCUT2D eigenvalue weighted by atomic mass is 9.98. The molecule has 1 unspecified atom stereocenters. The van der Waals surface area contributed by atoms with Crippen LogP contribution in [0.5, 0.6) is 0 Å². The molecule has 0 radical (unpaired) electrons. The van der Waals surface area contributed by atoms with Gasteiger partial charge in [-0.2, -0.15) is 0 Å². The van der Waals surface area contributed by atoms with Crippen LogP contribution in [0.4, 0.5) is 0 Å². The zero-order valence-corrected chi connectivity index (χ0v) is 14.0. The van der Waals surface area contributed by atoms with Crippen molar-refractivity contribution < 1.29 is 0 Å². The maximum Gasteiger partial charge on any atom is 0.0435 e. The van der Waals surface area contributed by atoms with Crippen LogP contribution in [0, 0.1) is 10.5 Å². The molecule has 0 saturated carbocycles. The summed E-state index contributed by atoms with van der Waals surface area (Å²) in [6, 6.07) is 15.2. The van der Waals surface area contributed by atoms with Crippen LogP contribution in [0.3, 0.4) is 0 Å². The van der Waals surface area contributed by atoms with E-state index < -0.39 is 0 Å². The lowest BCUT2D eigenvalue weighted by Crippen LogP contribution is -2.18. The third kappa shape index (κ3) is 3.94. The van der Waals surface area contributed by atoms with Crippen LogP contribution in [0.15, 0.2) is 42.5 Å². The Labute approximate surface area is 133 Å². The molecule has 0 heterocycles. The molecule has 2 aromatic carbocycles. The van der Waals surface area contributed by atoms with Crippen LogP contribution < -0.4 is 5.32 Å². The van der Waals surface area contributed by atoms with Gasteiger partial charge < -0.3 is 5.32 Å². The van der Waals surface area contributed by atoms with Gasteiger partial charge in [0.05, 0.1) is 0 Å². The van der Waals surface area contributed by atoms with Crippen molar-refractivity contribution in [1.82, 2.24) is 5.32 Å². The predicted octanol–water partition coefficient (Wildman–Crippen LogP) is 4.76. The molecule has 0 aliphatic heterocycles. The smallest absolute Gasteiger partial charge is 0.0435 e. The van der Waals surface area contributed by atoms with E-state index in [-0.39, 0.29) is 0 Å². The minimum atomic E-state index is 0.316. The predicted molar refractivity (Wildman–Crippen MR) is 90.9 cm³/mol. The van der Waals surface area contributed by atoms with Crippen molar-refractivity contribution in [2.24, 2.45) is 0 Å². The fourth-order valence-electron chi connectivity index (χ4n) is 2.13. The average Bonchev–Trinajstić information content (AvgIpc) is 2.41. The summed E-state index contributed by atoms with van der Waals surface area (Å²) in [6.07, 6.45) is 0.981. The molecule has 1 nitrogen and oxygen atoms in total. The highest BCUT2D eigenvalue weighted by Gasteiger charge is 2.11. The summed E-state index contributed by atoms with van der Waals surface area (Å²) in [5.74, 6) is 0. The molecule has 1 N–H and O–H groups in total. The van der Waals surface area contributed by atoms with Gasteiger partial charge in [0.1, 0.15) is 0 Å². The van der Waals surface area contributed by atoms with Crippen molar-refractivity contribution >= 4 is 34.2 Å². The lowest BCUT2D eigenvalue weighted by Gasteiger charge is -2.18. The summed E-state index contributed by atoms with van der Waals surface area (Å²) in [7, 11) is 2.00. The Morgan fingerprint density at radius 3 is 2.42 bits per heavy atom. The van der Waals surface area contributed by atoms with E-state index in [4.69, 9.17) is 11.6 Å². The van der Waals surface area contributed by atoms with E-state index in [9.17, 15) is 0 Å². The van der Waals surface area contributed by atoms with E-state index in [1.165, 1.54) is 14.7 Å². The number of rotatable bonds is 4. The van der Waals surface area contributed by atoms with Crippen LogP contribution in [0.25, 0.3) is 0 Å². The molecule has 2 rings (SSSR count). The summed E-state index contributed by atoms with van der Waals surface area (Å²) in [5, 5.41) is 4.21. The van der Waals surface area contributed by atoms with E-state index in [2.05, 4.69) is 64.3 Å². The molecule has 0 bridgehead atoms. The maximum atomic E-state index is 6.08. The first-order valence-corrected chi connectivity index (χ1v) is 7.73. The van der Waals surface area contributed by atoms with Crippen molar-refractivity contribution in [2.75, 3.05) is 7.05 Å². The van der Waals surface area contributed by atoms with Gasteiger partial charge in [0.15, 0.2) is 0 Å². The number of likely N-dealkylation sites (N-methyl/N-ethyl adjacent to an activating group) is 1. The molecule has 1 atom stereocenters. The molecular weight excluding hydrogens is 369 g/mol. The Kier molecular flexibility index (Phi) is 5.25. The summed E-state index contributed by atoms with van der Waals surface area (Å²) in [4.78, 5) is 0. The molecular formula is C16H17ClIN. The topological polar surface area (TPSA) is 12.0 Å². The van der Waals surface area contributed by atoms with Gasteiger partial charge in [-0.3, -0.25) is 0 Å². The monoisotopic (exact) mass is 385 g/mol. The van der Waals surface area contributed by atoms with Crippen LogP contribution >= 0.6 is 34.2 Å². The molecule has 0 aliphatic rings. The SMILES string of the molecule is CNC(Cc1ccc(I)cc1)c1ccc(Cl)c(C)c1. The molecule has 100 valence electrons. The van der Waals surface area contributed by atoms with Gasteiger partial charge in [-0.05, 0) is 77.9 Å². The van der Waals surface area contributed by atoms with Crippen LogP contribution in [-0.2, 0) is 6.42 Å². The van der Waals surface area contributed by atoms with E-state index >= 15 is 0 Å². The lowest BCUT2D eigenvalue weighted by molar-refractivity contribution is 0.591. The molecule has 0 saturated heterocycles. The first-order chi connectivity index (χ1) is 9.10. The van der Waals surface area contributed by atoms with Crippen molar-refractivity contribution in [2.45, 2.75) is 19.4 Å². The number of aryl methyl sites for hydroxylation is 1. The summed E-state index contributed by atoms with van der Waals surface area (Å²) in [6.45, 7) is 2.05. The second-order valence-corrected chi connectivity index (χ2v) is 6.33. The van der Waals surface area contributed by atoms with Gasteiger partial charge in [0, 0.05) is 14.6 Å². The molecule has 3 heteroatoms. The summed E-state index contributed by atoms with van der Waals surface area (Å²) in [5.41, 5.74) is 3.75. The fourth-order valence-corrected chi connectivity index (χ4v) is 2.60. The van der Waals surface area contributed by atoms with Gasteiger partial charge in [0.2, 0.25) is 0 Å². The zero-order valence-electron chi connectivity index (χ0n) is 11.1. The van der Waals surface area contributed by atoms with E-state index in [1.807, 2.05) is 20.0 Å². The number of nitrogens with one attached hydrogen (secondary N) is 1. The number of halogens is 2. The van der Waals surface area contributed by atoms with Crippen molar-refractivity contribution in [3.63, 3.8) is 0 Å². The molecule has 0 spiro atoms. The molecule has 19 heavy (non-hydrogen) atoms. The minimum Gasteiger partial charge on any atom is -0.313 e. The quantitative estimate of drug-likeness (QED) is 0.749. The number of hydrogen-bond acceptors (Lipinski definition) is 1. The van der Waals surface area contributed by atoms with E-state index in [0.29, 0.717) is 6.04 Å². The highest BCUT2D eigenvalue weighted by molar-refractivity contribution is 14.1. The fraction of sp³-hybridized carbons (Fsp3) is 0.250. The molecule has 0 amide bonds. The van der Waals surface area contributed by atoms with Gasteiger partial charge in [-0.15, -0.1) is 0 Å². The van der Waals surface area contributed by atoms with Gasteiger partial charge >= 0.3 is 0 Å². The Bertz CT molecular complexity index is 551. The molecule has 0 aliphatic carbocycles. The summed E-state index contributed by atoms with van der Waals surface area (Å²) >= 11 is 8.41. The second kappa shape index (κ2) is 6.73. The normalized spacial score (nSPS) is 12.4. The Morgan fingerprint density at radius 2 is 1.84 bits per heavy atom. The van der Waals surface area contributed by atoms with Crippen molar-refractivity contribution in [3.05, 3.63) is 67.7 Å². The van der Waals surface area contributed by atoms with E-state index in [1.54, 1.807) is 0 Å². The van der Waals surface area contributed by atoms with Gasteiger partial charge in [-0.25, -0.2) is 0 Å². The Balaban J connectivity index is 2.19. The third-order valence-electron chi connectivity index (χ3n) is 3.29. The molecule has 0 fully saturated rings. The summed E-state index contributed by atoms with van der Waals surface area (Å²) < 4.78 is 1.27. The zero-order chi connectivity index (χ0) is 13.8. The second-order valence-electron chi connectivity index (χ2n) is 4.68. The molecule has 2 aromatic rings. The largest absolute Gasteiger partial charge is 0.313 e. The number of hydrogen-bond donors (Lipinski definition) is 1. The maximum absolute atomic E-state index is 6.08. The van der Waals surface area contributed by atoms with E-state index in [0.717, 1.165) is 17.0 Å².